The predicted octanol–water partition coefficient (Wildman–Crippen LogP) is 2.59. The molecule has 1 amide bonds. The first-order valence-corrected chi connectivity index (χ1v) is 5.61. The Morgan fingerprint density at radius 2 is 1.93 bits per heavy atom. The van der Waals surface area contributed by atoms with Gasteiger partial charge in [-0.25, -0.2) is 0 Å². The van der Waals surface area contributed by atoms with Crippen molar-refractivity contribution >= 4 is 21.8 Å². The van der Waals surface area contributed by atoms with Gasteiger partial charge in [0.15, 0.2) is 0 Å². The molecule has 0 atom stereocenters. The van der Waals surface area contributed by atoms with Crippen LogP contribution in [0.4, 0.5) is 0 Å². The van der Waals surface area contributed by atoms with E-state index in [1.807, 2.05) is 32.0 Å². The smallest absolute Gasteiger partial charge is 0.251 e. The molecule has 1 aromatic rings. The Bertz CT molecular complexity index is 308. The van der Waals surface area contributed by atoms with Crippen LogP contribution in [0.25, 0.3) is 0 Å². The predicted molar refractivity (Wildman–Crippen MR) is 61.8 cm³/mol. The van der Waals surface area contributed by atoms with Gasteiger partial charge in [-0.2, -0.15) is 0 Å². The Morgan fingerprint density at radius 1 is 1.36 bits per heavy atom. The molecular weight excluding hydrogens is 242 g/mol. The SMILES string of the molecule is CC(C)(CBr)NC(=O)c1ccccc1. The van der Waals surface area contributed by atoms with Gasteiger partial charge in [-0.15, -0.1) is 0 Å². The van der Waals surface area contributed by atoms with Gasteiger partial charge in [0.1, 0.15) is 0 Å². The summed E-state index contributed by atoms with van der Waals surface area (Å²) in [6.07, 6.45) is 0. The minimum absolute atomic E-state index is 0.0324. The highest BCUT2D eigenvalue weighted by atomic mass is 79.9. The number of benzene rings is 1. The number of carbonyl (C=O) groups is 1. The summed E-state index contributed by atoms with van der Waals surface area (Å²) < 4.78 is 0. The van der Waals surface area contributed by atoms with E-state index >= 15 is 0 Å². The van der Waals surface area contributed by atoms with Gasteiger partial charge in [-0.1, -0.05) is 34.1 Å². The molecule has 0 saturated carbocycles. The third kappa shape index (κ3) is 3.14. The molecular formula is C11H14BrNO. The summed E-state index contributed by atoms with van der Waals surface area (Å²) in [5.74, 6) is -0.0324. The Kier molecular flexibility index (Phi) is 3.69. The van der Waals surface area contributed by atoms with Crippen LogP contribution in [0.1, 0.15) is 24.2 Å². The summed E-state index contributed by atoms with van der Waals surface area (Å²) in [5, 5.41) is 3.67. The zero-order valence-corrected chi connectivity index (χ0v) is 9.97. The molecule has 0 aliphatic heterocycles. The van der Waals surface area contributed by atoms with E-state index < -0.39 is 0 Å². The number of alkyl halides is 1. The summed E-state index contributed by atoms with van der Waals surface area (Å²) in [4.78, 5) is 11.7. The molecule has 0 spiro atoms. The first-order chi connectivity index (χ1) is 6.55. The van der Waals surface area contributed by atoms with Gasteiger partial charge < -0.3 is 5.32 Å². The molecule has 2 nitrogen and oxygen atoms in total. The number of amides is 1. The molecule has 14 heavy (non-hydrogen) atoms. The van der Waals surface area contributed by atoms with Crippen molar-refractivity contribution in [2.75, 3.05) is 5.33 Å². The molecule has 76 valence electrons. The molecule has 0 bridgehead atoms. The maximum Gasteiger partial charge on any atom is 0.251 e. The molecule has 0 fully saturated rings. The number of carbonyl (C=O) groups excluding carboxylic acids is 1. The quantitative estimate of drug-likeness (QED) is 0.827. The topological polar surface area (TPSA) is 29.1 Å². The molecule has 1 aromatic carbocycles. The van der Waals surface area contributed by atoms with Crippen molar-refractivity contribution < 1.29 is 4.79 Å². The van der Waals surface area contributed by atoms with Crippen LogP contribution in [-0.4, -0.2) is 16.8 Å². The van der Waals surface area contributed by atoms with Gasteiger partial charge in [0.25, 0.3) is 5.91 Å². The van der Waals surface area contributed by atoms with Crippen molar-refractivity contribution in [3.8, 4) is 0 Å². The Labute approximate surface area is 92.8 Å². The highest BCUT2D eigenvalue weighted by Crippen LogP contribution is 2.08. The van der Waals surface area contributed by atoms with Gasteiger partial charge in [-0.3, -0.25) is 4.79 Å². The third-order valence-corrected chi connectivity index (χ3v) is 3.22. The maximum atomic E-state index is 11.7. The zero-order chi connectivity index (χ0) is 10.6. The average Bonchev–Trinajstić information content (AvgIpc) is 2.19. The fourth-order valence-corrected chi connectivity index (χ4v) is 1.14. The molecule has 1 N–H and O–H groups in total. The van der Waals surface area contributed by atoms with E-state index in [1.165, 1.54) is 0 Å². The average molecular weight is 256 g/mol. The van der Waals surface area contributed by atoms with E-state index in [0.29, 0.717) is 5.56 Å². The molecule has 0 aliphatic carbocycles. The second-order valence-electron chi connectivity index (χ2n) is 3.84. The second kappa shape index (κ2) is 4.60. The second-order valence-corrected chi connectivity index (χ2v) is 4.40. The number of nitrogens with one attached hydrogen (secondary N) is 1. The molecule has 1 rings (SSSR count). The van der Waals surface area contributed by atoms with Crippen molar-refractivity contribution in [1.29, 1.82) is 0 Å². The van der Waals surface area contributed by atoms with Crippen LogP contribution in [0.2, 0.25) is 0 Å². The molecule has 0 heterocycles. The van der Waals surface area contributed by atoms with E-state index in [4.69, 9.17) is 0 Å². The molecule has 0 radical (unpaired) electrons. The number of hydrogen-bond acceptors (Lipinski definition) is 1. The lowest BCUT2D eigenvalue weighted by Gasteiger charge is -2.23. The van der Waals surface area contributed by atoms with Crippen molar-refractivity contribution in [3.63, 3.8) is 0 Å². The lowest BCUT2D eigenvalue weighted by molar-refractivity contribution is 0.0921. The Morgan fingerprint density at radius 3 is 2.43 bits per heavy atom. The fourth-order valence-electron chi connectivity index (χ4n) is 1.00. The van der Waals surface area contributed by atoms with Crippen LogP contribution in [0, 0.1) is 0 Å². The maximum absolute atomic E-state index is 11.7. The van der Waals surface area contributed by atoms with Crippen LogP contribution < -0.4 is 5.32 Å². The van der Waals surface area contributed by atoms with Crippen molar-refractivity contribution in [2.45, 2.75) is 19.4 Å². The van der Waals surface area contributed by atoms with E-state index in [9.17, 15) is 4.79 Å². The van der Waals surface area contributed by atoms with Crippen LogP contribution in [0.5, 0.6) is 0 Å². The van der Waals surface area contributed by atoms with E-state index in [1.54, 1.807) is 12.1 Å². The summed E-state index contributed by atoms with van der Waals surface area (Å²) in [6.45, 7) is 3.95. The minimum Gasteiger partial charge on any atom is -0.346 e. The van der Waals surface area contributed by atoms with Gasteiger partial charge in [0, 0.05) is 16.4 Å². The normalized spacial score (nSPS) is 11.1. The molecule has 0 saturated heterocycles. The molecule has 0 aliphatic rings. The largest absolute Gasteiger partial charge is 0.346 e. The van der Waals surface area contributed by atoms with Crippen LogP contribution in [-0.2, 0) is 0 Å². The summed E-state index contributed by atoms with van der Waals surface area (Å²) >= 11 is 3.36. The van der Waals surface area contributed by atoms with Gasteiger partial charge >= 0.3 is 0 Å². The van der Waals surface area contributed by atoms with E-state index in [-0.39, 0.29) is 11.4 Å². The van der Waals surface area contributed by atoms with E-state index in [2.05, 4.69) is 21.2 Å². The lowest BCUT2D eigenvalue weighted by Crippen LogP contribution is -2.44. The fraction of sp³-hybridized carbons (Fsp3) is 0.364. The number of halogens is 1. The van der Waals surface area contributed by atoms with E-state index in [0.717, 1.165) is 5.33 Å². The van der Waals surface area contributed by atoms with Crippen molar-refractivity contribution in [3.05, 3.63) is 35.9 Å². The van der Waals surface area contributed by atoms with Crippen molar-refractivity contribution in [2.24, 2.45) is 0 Å². The first-order valence-electron chi connectivity index (χ1n) is 4.49. The van der Waals surface area contributed by atoms with Gasteiger partial charge in [0.05, 0.1) is 0 Å². The number of rotatable bonds is 3. The lowest BCUT2D eigenvalue weighted by atomic mass is 10.1. The van der Waals surface area contributed by atoms with Crippen molar-refractivity contribution in [1.82, 2.24) is 5.32 Å². The zero-order valence-electron chi connectivity index (χ0n) is 8.38. The van der Waals surface area contributed by atoms with Crippen LogP contribution in [0.15, 0.2) is 30.3 Å². The standard InChI is InChI=1S/C11H14BrNO/c1-11(2,8-12)13-10(14)9-6-4-3-5-7-9/h3-7H,8H2,1-2H3,(H,13,14). The first kappa shape index (κ1) is 11.2. The monoisotopic (exact) mass is 255 g/mol. The molecule has 3 heteroatoms. The van der Waals surface area contributed by atoms with Crippen LogP contribution in [0.3, 0.4) is 0 Å². The molecule has 0 aromatic heterocycles. The molecule has 0 unspecified atom stereocenters. The highest BCUT2D eigenvalue weighted by Gasteiger charge is 2.19. The van der Waals surface area contributed by atoms with Gasteiger partial charge in [-0.05, 0) is 26.0 Å². The summed E-state index contributed by atoms with van der Waals surface area (Å²) in [6, 6.07) is 9.22. The highest BCUT2D eigenvalue weighted by molar-refractivity contribution is 9.09. The summed E-state index contributed by atoms with van der Waals surface area (Å²) in [7, 11) is 0. The van der Waals surface area contributed by atoms with Crippen LogP contribution >= 0.6 is 15.9 Å². The Balaban J connectivity index is 2.69. The van der Waals surface area contributed by atoms with Gasteiger partial charge in [0.2, 0.25) is 0 Å². The number of hydrogen-bond donors (Lipinski definition) is 1. The Hall–Kier alpha value is -0.830. The summed E-state index contributed by atoms with van der Waals surface area (Å²) in [5.41, 5.74) is 0.481. The minimum atomic E-state index is -0.215. The third-order valence-electron chi connectivity index (χ3n) is 1.82.